The van der Waals surface area contributed by atoms with Crippen LogP contribution in [0.25, 0.3) is 0 Å². The molecule has 1 aromatic carbocycles. The second-order valence-electron chi connectivity index (χ2n) is 6.25. The SMILES string of the molecule is Clc1ccccc1CNc1nncc(N2CCN(c3ccccn3)CC2)n1. The summed E-state index contributed by atoms with van der Waals surface area (Å²) >= 11 is 6.19. The Morgan fingerprint density at radius 2 is 1.67 bits per heavy atom. The van der Waals surface area contributed by atoms with Gasteiger partial charge in [-0.05, 0) is 23.8 Å². The summed E-state index contributed by atoms with van der Waals surface area (Å²) in [5, 5.41) is 12.1. The Morgan fingerprint density at radius 3 is 2.41 bits per heavy atom. The fourth-order valence-corrected chi connectivity index (χ4v) is 3.25. The molecule has 1 aliphatic rings. The number of anilines is 3. The van der Waals surface area contributed by atoms with E-state index in [9.17, 15) is 0 Å². The van der Waals surface area contributed by atoms with Crippen LogP contribution in [0.1, 0.15) is 5.56 Å². The van der Waals surface area contributed by atoms with Crippen molar-refractivity contribution in [3.63, 3.8) is 0 Å². The minimum absolute atomic E-state index is 0.500. The van der Waals surface area contributed by atoms with Gasteiger partial charge in [0.25, 0.3) is 0 Å². The molecule has 138 valence electrons. The predicted octanol–water partition coefficient (Wildman–Crippen LogP) is 2.86. The summed E-state index contributed by atoms with van der Waals surface area (Å²) in [5.41, 5.74) is 0.997. The maximum atomic E-state index is 6.19. The molecule has 0 saturated carbocycles. The lowest BCUT2D eigenvalue weighted by molar-refractivity contribution is 0.639. The topological polar surface area (TPSA) is 70.1 Å². The maximum Gasteiger partial charge on any atom is 0.244 e. The number of nitrogens with one attached hydrogen (secondary N) is 1. The first kappa shape index (κ1) is 17.5. The van der Waals surface area contributed by atoms with Gasteiger partial charge in [0.1, 0.15) is 5.82 Å². The first-order valence-corrected chi connectivity index (χ1v) is 9.25. The van der Waals surface area contributed by atoms with E-state index in [-0.39, 0.29) is 0 Å². The van der Waals surface area contributed by atoms with E-state index in [1.165, 1.54) is 0 Å². The van der Waals surface area contributed by atoms with Crippen molar-refractivity contribution in [1.82, 2.24) is 20.2 Å². The molecule has 0 amide bonds. The molecule has 1 fully saturated rings. The van der Waals surface area contributed by atoms with Gasteiger partial charge in [0, 0.05) is 43.9 Å². The van der Waals surface area contributed by atoms with Crippen LogP contribution in [0.15, 0.2) is 54.9 Å². The quantitative estimate of drug-likeness (QED) is 0.728. The normalized spacial score (nSPS) is 14.3. The van der Waals surface area contributed by atoms with Crippen LogP contribution in [0.2, 0.25) is 5.02 Å². The van der Waals surface area contributed by atoms with Crippen LogP contribution in [-0.2, 0) is 6.54 Å². The number of aromatic nitrogens is 4. The summed E-state index contributed by atoms with van der Waals surface area (Å²) in [6, 6.07) is 13.7. The van der Waals surface area contributed by atoms with Crippen LogP contribution in [0.4, 0.5) is 17.6 Å². The van der Waals surface area contributed by atoms with Gasteiger partial charge in [-0.25, -0.2) is 4.98 Å². The molecule has 0 spiro atoms. The van der Waals surface area contributed by atoms with Crippen molar-refractivity contribution in [2.24, 2.45) is 0 Å². The molecule has 1 N–H and O–H groups in total. The fraction of sp³-hybridized carbons (Fsp3) is 0.263. The van der Waals surface area contributed by atoms with Crippen LogP contribution in [0.3, 0.4) is 0 Å². The van der Waals surface area contributed by atoms with Crippen LogP contribution >= 0.6 is 11.6 Å². The Kier molecular flexibility index (Phi) is 5.29. The van der Waals surface area contributed by atoms with Crippen molar-refractivity contribution in [2.75, 3.05) is 41.3 Å². The van der Waals surface area contributed by atoms with Gasteiger partial charge in [0.15, 0.2) is 5.82 Å². The first-order valence-electron chi connectivity index (χ1n) is 8.87. The van der Waals surface area contributed by atoms with Crippen LogP contribution < -0.4 is 15.1 Å². The van der Waals surface area contributed by atoms with E-state index in [2.05, 4.69) is 35.3 Å². The van der Waals surface area contributed by atoms with Gasteiger partial charge in [-0.2, -0.15) is 10.1 Å². The van der Waals surface area contributed by atoms with Gasteiger partial charge in [-0.15, -0.1) is 5.10 Å². The van der Waals surface area contributed by atoms with E-state index in [0.717, 1.165) is 48.4 Å². The zero-order valence-electron chi connectivity index (χ0n) is 14.8. The van der Waals surface area contributed by atoms with Crippen molar-refractivity contribution in [2.45, 2.75) is 6.54 Å². The maximum absolute atomic E-state index is 6.19. The summed E-state index contributed by atoms with van der Waals surface area (Å²) in [6.07, 6.45) is 3.53. The number of piperazine rings is 1. The lowest BCUT2D eigenvalue weighted by Gasteiger charge is -2.35. The van der Waals surface area contributed by atoms with E-state index in [1.54, 1.807) is 6.20 Å². The molecule has 0 radical (unpaired) electrons. The summed E-state index contributed by atoms with van der Waals surface area (Å²) < 4.78 is 0. The smallest absolute Gasteiger partial charge is 0.244 e. The van der Waals surface area contributed by atoms with Gasteiger partial charge in [-0.3, -0.25) is 0 Å². The number of nitrogens with zero attached hydrogens (tertiary/aromatic N) is 6. The number of halogens is 1. The van der Waals surface area contributed by atoms with Crippen molar-refractivity contribution < 1.29 is 0 Å². The fourth-order valence-electron chi connectivity index (χ4n) is 3.04. The van der Waals surface area contributed by atoms with Crippen LogP contribution in [0, 0.1) is 0 Å². The third-order valence-electron chi connectivity index (χ3n) is 4.52. The summed E-state index contributed by atoms with van der Waals surface area (Å²) in [5.74, 6) is 2.34. The predicted molar refractivity (Wildman–Crippen MR) is 107 cm³/mol. The van der Waals surface area contributed by atoms with E-state index in [1.807, 2.05) is 48.7 Å². The van der Waals surface area contributed by atoms with Crippen molar-refractivity contribution in [3.8, 4) is 0 Å². The molecule has 2 aromatic heterocycles. The minimum Gasteiger partial charge on any atom is -0.353 e. The molecule has 7 nitrogen and oxygen atoms in total. The molecule has 8 heteroatoms. The Bertz CT molecular complexity index is 882. The Morgan fingerprint density at radius 1 is 0.926 bits per heavy atom. The largest absolute Gasteiger partial charge is 0.353 e. The number of benzene rings is 1. The first-order chi connectivity index (χ1) is 13.3. The highest BCUT2D eigenvalue weighted by Crippen LogP contribution is 2.19. The Labute approximate surface area is 163 Å². The highest BCUT2D eigenvalue weighted by atomic mass is 35.5. The second-order valence-corrected chi connectivity index (χ2v) is 6.65. The molecule has 0 aliphatic carbocycles. The van der Waals surface area contributed by atoms with Gasteiger partial charge >= 0.3 is 0 Å². The van der Waals surface area contributed by atoms with E-state index in [4.69, 9.17) is 11.6 Å². The molecule has 4 rings (SSSR count). The summed E-state index contributed by atoms with van der Waals surface area (Å²) in [4.78, 5) is 13.5. The standard InChI is InChI=1S/C19H20ClN7/c20-16-6-2-1-5-15(16)13-22-19-24-18(14-23-25-19)27-11-9-26(10-12-27)17-7-3-4-8-21-17/h1-8,14H,9-13H2,(H,22,24,25). The van der Waals surface area contributed by atoms with Gasteiger partial charge < -0.3 is 15.1 Å². The zero-order valence-corrected chi connectivity index (χ0v) is 15.5. The Balaban J connectivity index is 1.37. The number of hydrogen-bond acceptors (Lipinski definition) is 7. The molecule has 1 aliphatic heterocycles. The lowest BCUT2D eigenvalue weighted by Crippen LogP contribution is -2.47. The van der Waals surface area contributed by atoms with E-state index < -0.39 is 0 Å². The molecule has 1 saturated heterocycles. The highest BCUT2D eigenvalue weighted by Gasteiger charge is 2.19. The monoisotopic (exact) mass is 381 g/mol. The van der Waals surface area contributed by atoms with Crippen LogP contribution in [-0.4, -0.2) is 46.3 Å². The molecule has 3 heterocycles. The van der Waals surface area contributed by atoms with Crippen molar-refractivity contribution in [1.29, 1.82) is 0 Å². The molecule has 3 aromatic rings. The van der Waals surface area contributed by atoms with Crippen LogP contribution in [0.5, 0.6) is 0 Å². The van der Waals surface area contributed by atoms with Gasteiger partial charge in [-0.1, -0.05) is 35.9 Å². The molecule has 0 bridgehead atoms. The second kappa shape index (κ2) is 8.18. The molecule has 0 unspecified atom stereocenters. The van der Waals surface area contributed by atoms with E-state index in [0.29, 0.717) is 12.5 Å². The van der Waals surface area contributed by atoms with Gasteiger partial charge in [0.2, 0.25) is 5.95 Å². The number of pyridine rings is 1. The highest BCUT2D eigenvalue weighted by molar-refractivity contribution is 6.31. The summed E-state index contributed by atoms with van der Waals surface area (Å²) in [6.45, 7) is 4.06. The van der Waals surface area contributed by atoms with Crippen molar-refractivity contribution in [3.05, 3.63) is 65.4 Å². The number of hydrogen-bond donors (Lipinski definition) is 1. The lowest BCUT2D eigenvalue weighted by atomic mass is 10.2. The number of rotatable bonds is 5. The molecular formula is C19H20ClN7. The Hall–Kier alpha value is -2.93. The third kappa shape index (κ3) is 4.25. The zero-order chi connectivity index (χ0) is 18.5. The van der Waals surface area contributed by atoms with E-state index >= 15 is 0 Å². The van der Waals surface area contributed by atoms with Crippen molar-refractivity contribution >= 4 is 29.2 Å². The van der Waals surface area contributed by atoms with Gasteiger partial charge in [0.05, 0.1) is 6.20 Å². The average Bonchev–Trinajstić information content (AvgIpc) is 2.74. The molecular weight excluding hydrogens is 362 g/mol. The average molecular weight is 382 g/mol. The summed E-state index contributed by atoms with van der Waals surface area (Å²) in [7, 11) is 0. The minimum atomic E-state index is 0.500. The third-order valence-corrected chi connectivity index (χ3v) is 4.89. The molecule has 27 heavy (non-hydrogen) atoms. The molecule has 0 atom stereocenters.